The van der Waals surface area contributed by atoms with Crippen LogP contribution in [-0.4, -0.2) is 70.3 Å². The number of methoxy groups -OCH3 is 2. The molecule has 0 spiro atoms. The molecule has 9 heteroatoms. The minimum absolute atomic E-state index is 0.0589. The second kappa shape index (κ2) is 20.3. The number of aryl methyl sites for hydroxylation is 1. The molecule has 0 aromatic heterocycles. The first-order valence-corrected chi connectivity index (χ1v) is 17.7. The van der Waals surface area contributed by atoms with Gasteiger partial charge in [-0.3, -0.25) is 0 Å². The summed E-state index contributed by atoms with van der Waals surface area (Å²) in [6, 6.07) is 22.7. The topological polar surface area (TPSA) is 118 Å². The van der Waals surface area contributed by atoms with Crippen molar-refractivity contribution in [2.24, 2.45) is 5.92 Å². The maximum Gasteiger partial charge on any atom is 0.341 e. The normalized spacial score (nSPS) is 15.4. The van der Waals surface area contributed by atoms with Gasteiger partial charge in [-0.05, 0) is 102 Å². The molecule has 1 aliphatic rings. The summed E-state index contributed by atoms with van der Waals surface area (Å²) in [5, 5.41) is 9.10. The van der Waals surface area contributed by atoms with Crippen LogP contribution in [0.5, 0.6) is 5.75 Å². The van der Waals surface area contributed by atoms with Crippen molar-refractivity contribution in [2.75, 3.05) is 47.3 Å². The molecule has 0 bridgehead atoms. The molecule has 0 aliphatic heterocycles. The molecule has 3 aromatic carbocycles. The van der Waals surface area contributed by atoms with Gasteiger partial charge in [0.25, 0.3) is 0 Å². The molecule has 1 N–H and O–H groups in total. The van der Waals surface area contributed by atoms with Crippen molar-refractivity contribution in [3.05, 3.63) is 114 Å². The van der Waals surface area contributed by atoms with Crippen LogP contribution in [0.2, 0.25) is 0 Å². The highest BCUT2D eigenvalue weighted by Crippen LogP contribution is 2.42. The fourth-order valence-corrected chi connectivity index (χ4v) is 6.35. The number of ether oxygens (including phenoxy) is 5. The summed E-state index contributed by atoms with van der Waals surface area (Å²) in [6.07, 6.45) is 6.09. The third-order valence-corrected chi connectivity index (χ3v) is 9.30. The van der Waals surface area contributed by atoms with Crippen LogP contribution >= 0.6 is 0 Å². The molecular formula is C43H50O9. The van der Waals surface area contributed by atoms with Crippen molar-refractivity contribution in [2.45, 2.75) is 50.9 Å². The van der Waals surface area contributed by atoms with Gasteiger partial charge < -0.3 is 28.8 Å². The molecule has 3 aromatic rings. The average molecular weight is 711 g/mol. The largest absolute Gasteiger partial charge is 0.462 e. The van der Waals surface area contributed by atoms with Crippen molar-refractivity contribution in [3.63, 3.8) is 0 Å². The summed E-state index contributed by atoms with van der Waals surface area (Å²) >= 11 is 0. The Bertz CT molecular complexity index is 1700. The number of carbonyl (C=O) groups excluding carboxylic acids is 3. The van der Waals surface area contributed by atoms with Gasteiger partial charge in [0.2, 0.25) is 0 Å². The third kappa shape index (κ3) is 11.6. The summed E-state index contributed by atoms with van der Waals surface area (Å²) in [6.45, 7) is 11.4. The molecule has 0 amide bonds. The number of aliphatic hydroxyl groups excluding tert-OH is 1. The Labute approximate surface area is 306 Å². The zero-order chi connectivity index (χ0) is 37.5. The molecular weight excluding hydrogens is 660 g/mol. The van der Waals surface area contributed by atoms with Crippen LogP contribution in [-0.2, 0) is 39.8 Å². The molecule has 1 fully saturated rings. The molecule has 0 saturated heterocycles. The van der Waals surface area contributed by atoms with E-state index in [1.807, 2.05) is 18.2 Å². The Morgan fingerprint density at radius 1 is 0.692 bits per heavy atom. The molecule has 276 valence electrons. The van der Waals surface area contributed by atoms with Gasteiger partial charge in [-0.2, -0.15) is 0 Å². The smallest absolute Gasteiger partial charge is 0.341 e. The van der Waals surface area contributed by atoms with Gasteiger partial charge in [0.1, 0.15) is 5.75 Å². The summed E-state index contributed by atoms with van der Waals surface area (Å²) in [5.41, 5.74) is 7.23. The summed E-state index contributed by atoms with van der Waals surface area (Å²) in [7, 11) is 3.02. The lowest BCUT2D eigenvalue weighted by molar-refractivity contribution is -0.140. The quantitative estimate of drug-likeness (QED) is 0.0582. The molecule has 0 radical (unpaired) electrons. The molecule has 4 rings (SSSR count). The highest BCUT2D eigenvalue weighted by Gasteiger charge is 2.26. The maximum absolute atomic E-state index is 12.6. The number of carbonyl (C=O) groups is 3. The van der Waals surface area contributed by atoms with Crippen LogP contribution in [0.3, 0.4) is 0 Å². The summed E-state index contributed by atoms with van der Waals surface area (Å²) in [5.74, 6) is -0.368. The zero-order valence-corrected chi connectivity index (χ0v) is 30.3. The van der Waals surface area contributed by atoms with Crippen LogP contribution in [0.15, 0.2) is 103 Å². The Morgan fingerprint density at radius 2 is 1.25 bits per heavy atom. The Balaban J connectivity index is 1.43. The Morgan fingerprint density at radius 3 is 1.87 bits per heavy atom. The van der Waals surface area contributed by atoms with Crippen LogP contribution in [0, 0.1) is 5.92 Å². The highest BCUT2D eigenvalue weighted by molar-refractivity contribution is 5.90. The van der Waals surface area contributed by atoms with E-state index in [4.69, 9.17) is 28.8 Å². The van der Waals surface area contributed by atoms with E-state index in [0.717, 1.165) is 71.9 Å². The Hall–Kier alpha value is -4.83. The number of aliphatic hydroxyl groups is 1. The van der Waals surface area contributed by atoms with Crippen molar-refractivity contribution in [1.29, 1.82) is 0 Å². The van der Waals surface area contributed by atoms with E-state index in [1.54, 1.807) is 0 Å². The minimum atomic E-state index is -0.554. The third-order valence-electron chi connectivity index (χ3n) is 9.30. The van der Waals surface area contributed by atoms with Crippen molar-refractivity contribution < 1.29 is 43.2 Å². The van der Waals surface area contributed by atoms with Crippen molar-refractivity contribution >= 4 is 17.9 Å². The number of esters is 3. The fraction of sp³-hybridized carbons (Fsp3) is 0.372. The van der Waals surface area contributed by atoms with Gasteiger partial charge in [0, 0.05) is 14.2 Å². The summed E-state index contributed by atoms with van der Waals surface area (Å²) in [4.78, 5) is 36.4. The number of rotatable bonds is 19. The lowest BCUT2D eigenvalue weighted by Crippen LogP contribution is -2.18. The Kier molecular flexibility index (Phi) is 15.6. The molecule has 1 aliphatic carbocycles. The van der Waals surface area contributed by atoms with Crippen LogP contribution in [0.4, 0.5) is 0 Å². The SMILES string of the molecule is C=C(CO)C(=O)OCCC1CCC(c2cc(OC(=O)C(=C)COC)ccc2-c2ccc(-c3ccc(CCCOC(=O)C(=C)COC)cc3)cc2)CC1. The first kappa shape index (κ1) is 39.9. The predicted octanol–water partition coefficient (Wildman–Crippen LogP) is 7.56. The number of hydrogen-bond acceptors (Lipinski definition) is 9. The van der Waals surface area contributed by atoms with Gasteiger partial charge in [0.05, 0.1) is 49.8 Å². The lowest BCUT2D eigenvalue weighted by atomic mass is 9.76. The highest BCUT2D eigenvalue weighted by atomic mass is 16.5. The van der Waals surface area contributed by atoms with E-state index in [0.29, 0.717) is 36.9 Å². The minimum Gasteiger partial charge on any atom is -0.462 e. The van der Waals surface area contributed by atoms with Gasteiger partial charge >= 0.3 is 17.9 Å². The number of hydrogen-bond donors (Lipinski definition) is 1. The number of benzene rings is 3. The molecule has 1 saturated carbocycles. The standard InChI is InChI=1S/C43H50O9/c1-29(26-44)41(45)51-24-22-33-10-14-37(15-11-33)40-25-38(52-43(47)31(3)28-49-5)20-21-39(40)36-18-16-35(17-19-36)34-12-8-32(9-13-34)7-6-23-50-42(46)30(2)27-48-4/h8-9,12-13,16-21,25,33,37,44H,1-3,6-7,10-11,14-15,22-24,26-28H2,4-5H3. The van der Waals surface area contributed by atoms with E-state index < -0.39 is 24.5 Å². The molecule has 52 heavy (non-hydrogen) atoms. The van der Waals surface area contributed by atoms with Gasteiger partial charge in [-0.15, -0.1) is 0 Å². The second-order valence-electron chi connectivity index (χ2n) is 13.1. The first-order valence-electron chi connectivity index (χ1n) is 17.7. The van der Waals surface area contributed by atoms with Crippen LogP contribution < -0.4 is 4.74 Å². The summed E-state index contributed by atoms with van der Waals surface area (Å²) < 4.78 is 26.2. The van der Waals surface area contributed by atoms with E-state index in [2.05, 4.69) is 68.3 Å². The van der Waals surface area contributed by atoms with Gasteiger partial charge in [-0.25, -0.2) is 14.4 Å². The van der Waals surface area contributed by atoms with Crippen LogP contribution in [0.25, 0.3) is 22.3 Å². The van der Waals surface area contributed by atoms with E-state index in [-0.39, 0.29) is 30.3 Å². The van der Waals surface area contributed by atoms with Crippen molar-refractivity contribution in [3.8, 4) is 28.0 Å². The predicted molar refractivity (Wildman–Crippen MR) is 201 cm³/mol. The first-order chi connectivity index (χ1) is 25.1. The van der Waals surface area contributed by atoms with E-state index in [1.165, 1.54) is 14.2 Å². The van der Waals surface area contributed by atoms with Crippen molar-refractivity contribution in [1.82, 2.24) is 0 Å². The monoisotopic (exact) mass is 710 g/mol. The average Bonchev–Trinajstić information content (AvgIpc) is 3.16. The molecule has 0 unspecified atom stereocenters. The van der Waals surface area contributed by atoms with Gasteiger partial charge in [0.15, 0.2) is 0 Å². The fourth-order valence-electron chi connectivity index (χ4n) is 6.35. The maximum atomic E-state index is 12.6. The van der Waals surface area contributed by atoms with E-state index in [9.17, 15) is 14.4 Å². The van der Waals surface area contributed by atoms with Crippen LogP contribution in [0.1, 0.15) is 55.6 Å². The second-order valence-corrected chi connectivity index (χ2v) is 13.1. The molecule has 0 atom stereocenters. The molecule has 9 nitrogen and oxygen atoms in total. The lowest BCUT2D eigenvalue weighted by Gasteiger charge is -2.30. The van der Waals surface area contributed by atoms with Gasteiger partial charge in [-0.1, -0.05) is 74.3 Å². The van der Waals surface area contributed by atoms with E-state index >= 15 is 0 Å². The zero-order valence-electron chi connectivity index (χ0n) is 30.3. The molecule has 0 heterocycles.